The molecule has 8 rings (SSSR count). The molecule has 0 spiro atoms. The average molecular weight is 647 g/mol. The molecule has 1 aromatic heterocycles. The lowest BCUT2D eigenvalue weighted by Crippen LogP contribution is -2.21. The molecule has 2 N–H and O–H groups in total. The summed E-state index contributed by atoms with van der Waals surface area (Å²) in [7, 11) is 0. The molecule has 0 fully saturated rings. The highest BCUT2D eigenvalue weighted by Gasteiger charge is 2.18. The van der Waals surface area contributed by atoms with Crippen LogP contribution in [0.5, 0.6) is 0 Å². The van der Waals surface area contributed by atoms with E-state index in [0.717, 1.165) is 18.5 Å². The molecule has 50 heavy (non-hydrogen) atoms. The summed E-state index contributed by atoms with van der Waals surface area (Å²) >= 11 is 0. The second kappa shape index (κ2) is 13.9. The van der Waals surface area contributed by atoms with E-state index in [2.05, 4.69) is 182 Å². The quantitative estimate of drug-likeness (QED) is 0.160. The Kier molecular flexibility index (Phi) is 8.76. The van der Waals surface area contributed by atoms with Crippen LogP contribution in [0.3, 0.4) is 0 Å². The second-order valence-electron chi connectivity index (χ2n) is 13.5. The first-order valence-electron chi connectivity index (χ1n) is 17.8. The van der Waals surface area contributed by atoms with E-state index in [1.54, 1.807) is 0 Å². The van der Waals surface area contributed by atoms with Gasteiger partial charge in [0.05, 0.1) is 0 Å². The minimum Gasteiger partial charge on any atom is -0.379 e. The van der Waals surface area contributed by atoms with Gasteiger partial charge < -0.3 is 10.3 Å². The summed E-state index contributed by atoms with van der Waals surface area (Å²) < 4.78 is 0. The van der Waals surface area contributed by atoms with Crippen LogP contribution < -0.4 is 5.32 Å². The van der Waals surface area contributed by atoms with Gasteiger partial charge >= 0.3 is 0 Å². The molecule has 7 aromatic rings. The fraction of sp³-hybridized carbons (Fsp3) is 0.125. The molecular weight excluding hydrogens is 605 g/mol. The van der Waals surface area contributed by atoms with E-state index in [1.165, 1.54) is 71.8 Å². The van der Waals surface area contributed by atoms with Gasteiger partial charge in [0.1, 0.15) is 0 Å². The Morgan fingerprint density at radius 3 is 1.98 bits per heavy atom. The number of benzene rings is 6. The number of aromatic amines is 1. The molecule has 244 valence electrons. The molecule has 0 saturated heterocycles. The van der Waals surface area contributed by atoms with Gasteiger partial charge in [0.15, 0.2) is 0 Å². The summed E-state index contributed by atoms with van der Waals surface area (Å²) in [6.07, 6.45) is 11.1. The van der Waals surface area contributed by atoms with E-state index in [0.29, 0.717) is 0 Å². The SMILES string of the molecule is CC(/C=C(\NC(C)c1ccc(-c2cccc3ccccc23)cc1)C1=CC=C(c2ccc(-c3ccc[nH]3)cc2)CC1)c1cccc2ccccc12. The maximum absolute atomic E-state index is 3.98. The van der Waals surface area contributed by atoms with E-state index in [1.807, 2.05) is 12.3 Å². The van der Waals surface area contributed by atoms with Gasteiger partial charge in [-0.15, -0.1) is 0 Å². The maximum Gasteiger partial charge on any atom is 0.0485 e. The van der Waals surface area contributed by atoms with Crippen LogP contribution in [-0.2, 0) is 0 Å². The fourth-order valence-corrected chi connectivity index (χ4v) is 7.46. The van der Waals surface area contributed by atoms with E-state index in [4.69, 9.17) is 0 Å². The molecule has 0 amide bonds. The Labute approximate surface area is 295 Å². The fourth-order valence-electron chi connectivity index (χ4n) is 7.46. The number of fused-ring (bicyclic) bond motifs is 2. The van der Waals surface area contributed by atoms with E-state index in [-0.39, 0.29) is 12.0 Å². The van der Waals surface area contributed by atoms with Crippen molar-refractivity contribution in [1.29, 1.82) is 0 Å². The van der Waals surface area contributed by atoms with Crippen molar-refractivity contribution in [2.75, 3.05) is 0 Å². The standard InChI is InChI=1S/C48H42N2/c1-33(43-16-7-12-38-10-3-5-14-44(38)43)32-48(42-29-23-37(24-30-42)36-21-27-41(28-22-36)47-18-9-31-49-47)50-34(2)35-19-25-40(26-20-35)46-17-8-13-39-11-4-6-15-45(39)46/h3-23,25-29,31-34,49-50H,24,30H2,1-2H3/b48-32-. The lowest BCUT2D eigenvalue weighted by molar-refractivity contribution is 0.647. The monoisotopic (exact) mass is 646 g/mol. The predicted octanol–water partition coefficient (Wildman–Crippen LogP) is 12.8. The first-order valence-corrected chi connectivity index (χ1v) is 17.8. The van der Waals surface area contributed by atoms with E-state index < -0.39 is 0 Å². The number of allylic oxidation sites excluding steroid dienone is 5. The van der Waals surface area contributed by atoms with Gasteiger partial charge in [-0.3, -0.25) is 0 Å². The van der Waals surface area contributed by atoms with Crippen LogP contribution in [0, 0.1) is 0 Å². The van der Waals surface area contributed by atoms with Crippen molar-refractivity contribution >= 4 is 27.1 Å². The lowest BCUT2D eigenvalue weighted by atomic mass is 9.88. The Morgan fingerprint density at radius 1 is 0.600 bits per heavy atom. The molecule has 1 aliphatic carbocycles. The molecule has 0 bridgehead atoms. The van der Waals surface area contributed by atoms with Crippen molar-refractivity contribution in [3.05, 3.63) is 198 Å². The van der Waals surface area contributed by atoms with Crippen LogP contribution in [0.2, 0.25) is 0 Å². The molecule has 1 aliphatic rings. The highest BCUT2D eigenvalue weighted by atomic mass is 14.9. The summed E-state index contributed by atoms with van der Waals surface area (Å²) in [5.41, 5.74) is 12.7. The zero-order valence-electron chi connectivity index (χ0n) is 28.7. The third kappa shape index (κ3) is 6.45. The van der Waals surface area contributed by atoms with Crippen LogP contribution in [0.15, 0.2) is 181 Å². The minimum atomic E-state index is 0.134. The van der Waals surface area contributed by atoms with Crippen molar-refractivity contribution in [2.24, 2.45) is 0 Å². The molecule has 0 saturated carbocycles. The topological polar surface area (TPSA) is 27.8 Å². The van der Waals surface area contributed by atoms with Gasteiger partial charge in [-0.25, -0.2) is 0 Å². The predicted molar refractivity (Wildman–Crippen MR) is 213 cm³/mol. The highest BCUT2D eigenvalue weighted by Crippen LogP contribution is 2.35. The van der Waals surface area contributed by atoms with Gasteiger partial charge in [-0.1, -0.05) is 159 Å². The molecule has 2 atom stereocenters. The van der Waals surface area contributed by atoms with E-state index in [9.17, 15) is 0 Å². The summed E-state index contributed by atoms with van der Waals surface area (Å²) in [5.74, 6) is 0.233. The number of aromatic nitrogens is 1. The Balaban J connectivity index is 1.09. The number of hydrogen-bond acceptors (Lipinski definition) is 1. The molecule has 2 heteroatoms. The van der Waals surface area contributed by atoms with Gasteiger partial charge in [-0.2, -0.15) is 0 Å². The number of nitrogens with one attached hydrogen (secondary N) is 2. The summed E-state index contributed by atoms with van der Waals surface area (Å²) in [6, 6.07) is 52.9. The smallest absolute Gasteiger partial charge is 0.0485 e. The summed E-state index contributed by atoms with van der Waals surface area (Å²) in [5, 5.41) is 9.14. The molecule has 0 radical (unpaired) electrons. The third-order valence-electron chi connectivity index (χ3n) is 10.3. The largest absolute Gasteiger partial charge is 0.379 e. The molecule has 0 aliphatic heterocycles. The van der Waals surface area contributed by atoms with Crippen molar-refractivity contribution in [3.63, 3.8) is 0 Å². The zero-order chi connectivity index (χ0) is 33.9. The average Bonchev–Trinajstić information content (AvgIpc) is 3.73. The third-order valence-corrected chi connectivity index (χ3v) is 10.3. The molecule has 6 aromatic carbocycles. The first-order chi connectivity index (χ1) is 24.6. The van der Waals surface area contributed by atoms with Crippen LogP contribution in [-0.4, -0.2) is 4.98 Å². The number of hydrogen-bond donors (Lipinski definition) is 2. The van der Waals surface area contributed by atoms with Crippen molar-refractivity contribution in [3.8, 4) is 22.4 Å². The second-order valence-corrected chi connectivity index (χ2v) is 13.5. The number of rotatable bonds is 9. The first kappa shape index (κ1) is 31.4. The normalized spacial score (nSPS) is 14.6. The van der Waals surface area contributed by atoms with Gasteiger partial charge in [-0.05, 0) is 98.0 Å². The van der Waals surface area contributed by atoms with Crippen molar-refractivity contribution in [2.45, 2.75) is 38.6 Å². The van der Waals surface area contributed by atoms with Crippen LogP contribution >= 0.6 is 0 Å². The molecule has 2 nitrogen and oxygen atoms in total. The maximum atomic E-state index is 3.98. The summed E-state index contributed by atoms with van der Waals surface area (Å²) in [4.78, 5) is 3.31. The Hall–Kier alpha value is -5.86. The molecular formula is C48H42N2. The van der Waals surface area contributed by atoms with Gasteiger partial charge in [0.25, 0.3) is 0 Å². The van der Waals surface area contributed by atoms with Gasteiger partial charge in [0, 0.05) is 29.5 Å². The van der Waals surface area contributed by atoms with Crippen molar-refractivity contribution < 1.29 is 0 Å². The molecule has 2 unspecified atom stereocenters. The lowest BCUT2D eigenvalue weighted by Gasteiger charge is -2.25. The van der Waals surface area contributed by atoms with E-state index >= 15 is 0 Å². The molecule has 1 heterocycles. The number of H-pyrrole nitrogens is 1. The highest BCUT2D eigenvalue weighted by molar-refractivity contribution is 5.96. The van der Waals surface area contributed by atoms with Crippen LogP contribution in [0.4, 0.5) is 0 Å². The summed E-state index contributed by atoms with van der Waals surface area (Å²) in [6.45, 7) is 4.60. The Bertz CT molecular complexity index is 2340. The minimum absolute atomic E-state index is 0.134. The van der Waals surface area contributed by atoms with Crippen LogP contribution in [0.1, 0.15) is 55.3 Å². The van der Waals surface area contributed by atoms with Gasteiger partial charge in [0.2, 0.25) is 0 Å². The zero-order valence-corrected chi connectivity index (χ0v) is 28.7. The van der Waals surface area contributed by atoms with Crippen LogP contribution in [0.25, 0.3) is 49.5 Å². The Morgan fingerprint density at radius 2 is 1.26 bits per heavy atom. The van der Waals surface area contributed by atoms with Crippen molar-refractivity contribution in [1.82, 2.24) is 10.3 Å².